The summed E-state index contributed by atoms with van der Waals surface area (Å²) in [6.45, 7) is 2.81. The molecule has 1 aromatic heterocycles. The van der Waals surface area contributed by atoms with E-state index in [0.29, 0.717) is 0 Å². The summed E-state index contributed by atoms with van der Waals surface area (Å²) in [7, 11) is 1.97. The largest absolute Gasteiger partial charge is 0.466 e. The highest BCUT2D eigenvalue weighted by Gasteiger charge is 2.44. The number of likely N-dealkylation sites (N-methyl/N-ethyl adjacent to an activating group) is 1. The molecule has 3 nitrogen and oxygen atoms in total. The Balaban J connectivity index is 2.29. The Bertz CT molecular complexity index is 358. The Hall–Kier alpha value is -0.320. The van der Waals surface area contributed by atoms with E-state index in [-0.39, 0.29) is 11.6 Å². The monoisotopic (exact) mass is 301 g/mol. The van der Waals surface area contributed by atoms with Crippen LogP contribution >= 0.6 is 15.9 Å². The zero-order chi connectivity index (χ0) is 12.3. The van der Waals surface area contributed by atoms with Crippen molar-refractivity contribution in [1.29, 1.82) is 0 Å². The number of rotatable bonds is 5. The summed E-state index contributed by atoms with van der Waals surface area (Å²) < 4.78 is 12.7. The number of halogens is 1. The van der Waals surface area contributed by atoms with Crippen molar-refractivity contribution in [3.05, 3.63) is 22.6 Å². The first-order chi connectivity index (χ1) is 8.23. The lowest BCUT2D eigenvalue weighted by Crippen LogP contribution is -2.43. The first-order valence-corrected chi connectivity index (χ1v) is 7.07. The molecule has 4 heteroatoms. The third kappa shape index (κ3) is 2.44. The number of hydrogen-bond acceptors (Lipinski definition) is 3. The molecule has 0 saturated heterocycles. The van der Waals surface area contributed by atoms with E-state index in [0.717, 1.165) is 29.7 Å². The molecule has 1 fully saturated rings. The molecule has 1 atom stereocenters. The van der Waals surface area contributed by atoms with Gasteiger partial charge in [0.15, 0.2) is 0 Å². The molecule has 0 amide bonds. The van der Waals surface area contributed by atoms with Gasteiger partial charge < -0.3 is 14.5 Å². The third-order valence-electron chi connectivity index (χ3n) is 3.60. The Labute approximate surface area is 111 Å². The van der Waals surface area contributed by atoms with Gasteiger partial charge in [-0.05, 0) is 48.8 Å². The lowest BCUT2D eigenvalue weighted by molar-refractivity contribution is -0.0656. The SMILES string of the molecule is CCOC1(C(NC)c2occc2Br)CCCC1. The Morgan fingerprint density at radius 2 is 2.24 bits per heavy atom. The van der Waals surface area contributed by atoms with Crippen molar-refractivity contribution < 1.29 is 9.15 Å². The van der Waals surface area contributed by atoms with E-state index < -0.39 is 0 Å². The molecular formula is C13H20BrNO2. The molecule has 0 radical (unpaired) electrons. The van der Waals surface area contributed by atoms with Gasteiger partial charge in [0.1, 0.15) is 5.76 Å². The Morgan fingerprint density at radius 1 is 1.53 bits per heavy atom. The highest BCUT2D eigenvalue weighted by atomic mass is 79.9. The fourth-order valence-electron chi connectivity index (χ4n) is 2.92. The van der Waals surface area contributed by atoms with Gasteiger partial charge in [-0.25, -0.2) is 0 Å². The maximum Gasteiger partial charge on any atom is 0.137 e. The third-order valence-corrected chi connectivity index (χ3v) is 4.26. The van der Waals surface area contributed by atoms with Gasteiger partial charge >= 0.3 is 0 Å². The second-order valence-corrected chi connectivity index (χ2v) is 5.41. The molecule has 1 aromatic rings. The average molecular weight is 302 g/mol. The summed E-state index contributed by atoms with van der Waals surface area (Å²) in [5, 5.41) is 3.36. The number of nitrogens with one attached hydrogen (secondary N) is 1. The van der Waals surface area contributed by atoms with Gasteiger partial charge in [-0.2, -0.15) is 0 Å². The number of hydrogen-bond donors (Lipinski definition) is 1. The number of furan rings is 1. The van der Waals surface area contributed by atoms with Crippen LogP contribution in [0.2, 0.25) is 0 Å². The zero-order valence-electron chi connectivity index (χ0n) is 10.5. The molecule has 0 aromatic carbocycles. The summed E-state index contributed by atoms with van der Waals surface area (Å²) >= 11 is 3.54. The van der Waals surface area contributed by atoms with Crippen molar-refractivity contribution in [2.75, 3.05) is 13.7 Å². The molecule has 0 aliphatic heterocycles. The molecule has 1 N–H and O–H groups in total. The van der Waals surface area contributed by atoms with Crippen LogP contribution in [0.25, 0.3) is 0 Å². The fourth-order valence-corrected chi connectivity index (χ4v) is 3.35. The van der Waals surface area contributed by atoms with Crippen LogP contribution in [-0.4, -0.2) is 19.3 Å². The molecular weight excluding hydrogens is 282 g/mol. The van der Waals surface area contributed by atoms with Crippen LogP contribution < -0.4 is 5.32 Å². The van der Waals surface area contributed by atoms with E-state index in [2.05, 4.69) is 28.2 Å². The molecule has 1 aliphatic rings. The molecule has 1 aliphatic carbocycles. The highest BCUT2D eigenvalue weighted by molar-refractivity contribution is 9.10. The van der Waals surface area contributed by atoms with Crippen molar-refractivity contribution in [2.24, 2.45) is 0 Å². The van der Waals surface area contributed by atoms with E-state index in [9.17, 15) is 0 Å². The van der Waals surface area contributed by atoms with Crippen LogP contribution in [0.15, 0.2) is 21.2 Å². The van der Waals surface area contributed by atoms with E-state index in [1.54, 1.807) is 6.26 Å². The minimum Gasteiger partial charge on any atom is -0.466 e. The van der Waals surface area contributed by atoms with Gasteiger partial charge in [-0.3, -0.25) is 0 Å². The molecule has 96 valence electrons. The summed E-state index contributed by atoms with van der Waals surface area (Å²) in [5.74, 6) is 0.947. The minimum atomic E-state index is -0.107. The molecule has 1 saturated carbocycles. The van der Waals surface area contributed by atoms with E-state index >= 15 is 0 Å². The van der Waals surface area contributed by atoms with Crippen LogP contribution in [-0.2, 0) is 4.74 Å². The second-order valence-electron chi connectivity index (χ2n) is 4.56. The summed E-state index contributed by atoms with van der Waals surface area (Å²) in [5.41, 5.74) is -0.107. The molecule has 0 spiro atoms. The Morgan fingerprint density at radius 3 is 2.71 bits per heavy atom. The smallest absolute Gasteiger partial charge is 0.137 e. The lowest BCUT2D eigenvalue weighted by atomic mass is 9.90. The van der Waals surface area contributed by atoms with Gasteiger partial charge in [0.2, 0.25) is 0 Å². The van der Waals surface area contributed by atoms with E-state index in [1.807, 2.05) is 13.1 Å². The van der Waals surface area contributed by atoms with Crippen LogP contribution in [0.3, 0.4) is 0 Å². The second kappa shape index (κ2) is 5.55. The fraction of sp³-hybridized carbons (Fsp3) is 0.692. The van der Waals surface area contributed by atoms with E-state index in [4.69, 9.17) is 9.15 Å². The first-order valence-electron chi connectivity index (χ1n) is 6.27. The molecule has 0 bridgehead atoms. The summed E-state index contributed by atoms with van der Waals surface area (Å²) in [6, 6.07) is 2.06. The molecule has 17 heavy (non-hydrogen) atoms. The summed E-state index contributed by atoms with van der Waals surface area (Å²) in [4.78, 5) is 0. The maximum atomic E-state index is 6.08. The minimum absolute atomic E-state index is 0.107. The quantitative estimate of drug-likeness (QED) is 0.901. The normalized spacial score (nSPS) is 20.6. The van der Waals surface area contributed by atoms with Crippen molar-refractivity contribution >= 4 is 15.9 Å². The van der Waals surface area contributed by atoms with E-state index in [1.165, 1.54) is 12.8 Å². The Kier molecular flexibility index (Phi) is 4.28. The molecule has 1 heterocycles. The molecule has 2 rings (SSSR count). The zero-order valence-corrected chi connectivity index (χ0v) is 12.0. The standard InChI is InChI=1S/C13H20BrNO2/c1-3-17-13(7-4-5-8-13)12(15-2)11-10(14)6-9-16-11/h6,9,12,15H,3-5,7-8H2,1-2H3. The van der Waals surface area contributed by atoms with Crippen molar-refractivity contribution in [3.63, 3.8) is 0 Å². The predicted molar refractivity (Wildman–Crippen MR) is 71.0 cm³/mol. The van der Waals surface area contributed by atoms with Crippen molar-refractivity contribution in [1.82, 2.24) is 5.32 Å². The highest BCUT2D eigenvalue weighted by Crippen LogP contribution is 2.44. The topological polar surface area (TPSA) is 34.4 Å². The van der Waals surface area contributed by atoms with Gasteiger partial charge in [0.05, 0.1) is 22.4 Å². The van der Waals surface area contributed by atoms with Gasteiger partial charge in [-0.1, -0.05) is 12.8 Å². The predicted octanol–water partition coefficient (Wildman–Crippen LogP) is 3.65. The molecule has 1 unspecified atom stereocenters. The lowest BCUT2D eigenvalue weighted by Gasteiger charge is -2.36. The average Bonchev–Trinajstić information content (AvgIpc) is 2.92. The van der Waals surface area contributed by atoms with Crippen LogP contribution in [0.5, 0.6) is 0 Å². The maximum absolute atomic E-state index is 6.08. The first kappa shape index (κ1) is 13.1. The van der Waals surface area contributed by atoms with Crippen molar-refractivity contribution in [3.8, 4) is 0 Å². The number of ether oxygens (including phenoxy) is 1. The van der Waals surface area contributed by atoms with Crippen LogP contribution in [0.4, 0.5) is 0 Å². The van der Waals surface area contributed by atoms with Crippen molar-refractivity contribution in [2.45, 2.75) is 44.2 Å². The summed E-state index contributed by atoms with van der Waals surface area (Å²) in [6.07, 6.45) is 6.38. The van der Waals surface area contributed by atoms with Gasteiger partial charge in [0.25, 0.3) is 0 Å². The van der Waals surface area contributed by atoms with Gasteiger partial charge in [0, 0.05) is 6.61 Å². The van der Waals surface area contributed by atoms with Crippen LogP contribution in [0.1, 0.15) is 44.4 Å². The van der Waals surface area contributed by atoms with Gasteiger partial charge in [-0.15, -0.1) is 0 Å². The van der Waals surface area contributed by atoms with Crippen LogP contribution in [0, 0.1) is 0 Å².